The number of phenols is 1. The summed E-state index contributed by atoms with van der Waals surface area (Å²) in [5.74, 6) is -0.130. The van der Waals surface area contributed by atoms with Crippen molar-refractivity contribution in [2.45, 2.75) is 77.9 Å². The van der Waals surface area contributed by atoms with E-state index >= 15 is 0 Å². The van der Waals surface area contributed by atoms with E-state index in [1.165, 1.54) is 0 Å². The molecule has 2 rings (SSSR count). The molecule has 0 aromatic heterocycles. The lowest BCUT2D eigenvalue weighted by molar-refractivity contribution is -0.153. The van der Waals surface area contributed by atoms with Crippen molar-refractivity contribution >= 4 is 11.7 Å². The van der Waals surface area contributed by atoms with Gasteiger partial charge in [0.05, 0.1) is 12.3 Å². The number of carbonyl (C=O) groups is 1. The van der Waals surface area contributed by atoms with Gasteiger partial charge in [-0.2, -0.15) is 0 Å². The van der Waals surface area contributed by atoms with Gasteiger partial charge in [-0.05, 0) is 29.9 Å². The molecule has 1 aromatic carbocycles. The fourth-order valence-corrected chi connectivity index (χ4v) is 3.09. The van der Waals surface area contributed by atoms with E-state index in [1.54, 1.807) is 6.92 Å². The van der Waals surface area contributed by atoms with Crippen molar-refractivity contribution in [1.82, 2.24) is 0 Å². The highest BCUT2D eigenvalue weighted by Crippen LogP contribution is 2.40. The van der Waals surface area contributed by atoms with Gasteiger partial charge in [0.1, 0.15) is 11.9 Å². The second-order valence-electron chi connectivity index (χ2n) is 9.21. The van der Waals surface area contributed by atoms with Crippen LogP contribution in [0.5, 0.6) is 5.75 Å². The Morgan fingerprint density at radius 2 is 1.78 bits per heavy atom. The molecule has 150 valence electrons. The molecular formula is C21H32N2O4. The predicted molar refractivity (Wildman–Crippen MR) is 106 cm³/mol. The van der Waals surface area contributed by atoms with Gasteiger partial charge in [-0.15, -0.1) is 0 Å². The summed E-state index contributed by atoms with van der Waals surface area (Å²) in [6.45, 7) is 14.0. The van der Waals surface area contributed by atoms with Crippen LogP contribution in [0, 0.1) is 0 Å². The summed E-state index contributed by atoms with van der Waals surface area (Å²) >= 11 is 0. The van der Waals surface area contributed by atoms with Gasteiger partial charge in [0.25, 0.3) is 0 Å². The molecule has 0 aliphatic carbocycles. The van der Waals surface area contributed by atoms with Gasteiger partial charge in [-0.3, -0.25) is 4.79 Å². The van der Waals surface area contributed by atoms with Crippen molar-refractivity contribution in [3.63, 3.8) is 0 Å². The number of hydrogen-bond acceptors (Lipinski definition) is 6. The van der Waals surface area contributed by atoms with E-state index in [9.17, 15) is 9.90 Å². The number of ether oxygens (including phenoxy) is 1. The van der Waals surface area contributed by atoms with E-state index in [1.807, 2.05) is 12.1 Å². The third-order valence-corrected chi connectivity index (χ3v) is 4.76. The molecule has 0 saturated carbocycles. The first-order valence-corrected chi connectivity index (χ1v) is 9.35. The summed E-state index contributed by atoms with van der Waals surface area (Å²) in [7, 11) is 0. The minimum absolute atomic E-state index is 0.160. The molecule has 0 saturated heterocycles. The van der Waals surface area contributed by atoms with E-state index in [2.05, 4.69) is 46.7 Å². The molecule has 6 nitrogen and oxygen atoms in total. The molecule has 1 aromatic rings. The Hall–Kier alpha value is -2.08. The van der Waals surface area contributed by atoms with Crippen molar-refractivity contribution in [2.75, 3.05) is 6.54 Å². The fraction of sp³-hybridized carbons (Fsp3) is 0.619. The number of benzene rings is 1. The number of nitrogens with two attached hydrogens (primary N) is 1. The van der Waals surface area contributed by atoms with Gasteiger partial charge in [0.2, 0.25) is 0 Å². The van der Waals surface area contributed by atoms with E-state index in [-0.39, 0.29) is 23.5 Å². The number of esters is 1. The summed E-state index contributed by atoms with van der Waals surface area (Å²) in [4.78, 5) is 16.9. The Labute approximate surface area is 161 Å². The van der Waals surface area contributed by atoms with Gasteiger partial charge < -0.3 is 20.4 Å². The van der Waals surface area contributed by atoms with Crippen LogP contribution in [0.2, 0.25) is 0 Å². The first kappa shape index (κ1) is 21.2. The highest BCUT2D eigenvalue weighted by molar-refractivity contribution is 6.02. The van der Waals surface area contributed by atoms with E-state index in [0.717, 1.165) is 22.4 Å². The third-order valence-electron chi connectivity index (χ3n) is 4.76. The topological polar surface area (TPSA) is 94.1 Å². The zero-order valence-electron chi connectivity index (χ0n) is 17.4. The monoisotopic (exact) mass is 376 g/mol. The van der Waals surface area contributed by atoms with Gasteiger partial charge >= 0.3 is 5.97 Å². The van der Waals surface area contributed by atoms with Crippen LogP contribution in [0.15, 0.2) is 17.3 Å². The quantitative estimate of drug-likeness (QED) is 0.786. The number of hydrogen-bond donors (Lipinski definition) is 2. The van der Waals surface area contributed by atoms with Crippen LogP contribution in [0.25, 0.3) is 0 Å². The highest BCUT2D eigenvalue weighted by atomic mass is 16.7. The number of aromatic hydroxyl groups is 1. The maximum Gasteiger partial charge on any atom is 0.320 e. The maximum atomic E-state index is 11.4. The second-order valence-corrected chi connectivity index (χ2v) is 9.21. The number of carbonyl (C=O) groups excluding carboxylic acids is 1. The summed E-state index contributed by atoms with van der Waals surface area (Å²) in [5.41, 5.74) is 8.31. The first-order valence-electron chi connectivity index (χ1n) is 9.35. The number of nitrogens with zero attached hydrogens (tertiary/aromatic N) is 1. The number of oxime groups is 1. The van der Waals surface area contributed by atoms with Crippen molar-refractivity contribution in [3.05, 3.63) is 28.8 Å². The molecule has 2 atom stereocenters. The Balaban J connectivity index is 2.35. The van der Waals surface area contributed by atoms with Crippen molar-refractivity contribution in [3.8, 4) is 5.75 Å². The molecule has 27 heavy (non-hydrogen) atoms. The van der Waals surface area contributed by atoms with Crippen LogP contribution in [0.3, 0.4) is 0 Å². The molecule has 3 N–H and O–H groups in total. The Kier molecular flexibility index (Phi) is 5.90. The highest BCUT2D eigenvalue weighted by Gasteiger charge is 2.32. The van der Waals surface area contributed by atoms with Crippen LogP contribution in [0.4, 0.5) is 0 Å². The van der Waals surface area contributed by atoms with E-state index < -0.39 is 12.1 Å². The standard InChI is InChI=1S/C21H32N2O4/c1-12(26-18(24)11-22)17-10-16(23-27-17)13-8-14(20(2,3)4)19(25)15(9-13)21(5,6)7/h8-9,12,17,25H,10-11,22H2,1-7H3. The lowest BCUT2D eigenvalue weighted by Gasteiger charge is -2.28. The van der Waals surface area contributed by atoms with Crippen LogP contribution >= 0.6 is 0 Å². The minimum Gasteiger partial charge on any atom is -0.507 e. The van der Waals surface area contributed by atoms with E-state index in [0.29, 0.717) is 12.2 Å². The fourth-order valence-electron chi connectivity index (χ4n) is 3.09. The summed E-state index contributed by atoms with van der Waals surface area (Å²) < 4.78 is 5.24. The number of phenolic OH excluding ortho intramolecular Hbond substituents is 1. The predicted octanol–water partition coefficient (Wildman–Crippen LogP) is 3.37. The zero-order valence-corrected chi connectivity index (χ0v) is 17.4. The van der Waals surface area contributed by atoms with Gasteiger partial charge in [0, 0.05) is 23.1 Å². The maximum absolute atomic E-state index is 11.4. The van der Waals surface area contributed by atoms with Crippen LogP contribution < -0.4 is 5.73 Å². The average Bonchev–Trinajstić information content (AvgIpc) is 3.02. The molecular weight excluding hydrogens is 344 g/mol. The summed E-state index contributed by atoms with van der Waals surface area (Å²) in [6.07, 6.45) is -0.263. The summed E-state index contributed by atoms with van der Waals surface area (Å²) in [6, 6.07) is 3.96. The van der Waals surface area contributed by atoms with Gasteiger partial charge in [-0.1, -0.05) is 46.7 Å². The molecule has 1 heterocycles. The first-order chi connectivity index (χ1) is 12.3. The van der Waals surface area contributed by atoms with Crippen LogP contribution in [-0.2, 0) is 25.2 Å². The molecule has 0 radical (unpaired) electrons. The largest absolute Gasteiger partial charge is 0.507 e. The molecule has 0 amide bonds. The SMILES string of the molecule is CC(OC(=O)CN)C1CC(c2cc(C(C)(C)C)c(O)c(C(C)(C)C)c2)=NO1. The van der Waals surface area contributed by atoms with Crippen LogP contribution in [0.1, 0.15) is 71.6 Å². The Bertz CT molecular complexity index is 707. The molecule has 1 aliphatic heterocycles. The van der Waals surface area contributed by atoms with E-state index in [4.69, 9.17) is 15.3 Å². The lowest BCUT2D eigenvalue weighted by atomic mass is 9.78. The normalized spacial score (nSPS) is 18.7. The zero-order chi connectivity index (χ0) is 20.6. The molecule has 0 spiro atoms. The molecule has 0 bridgehead atoms. The molecule has 1 aliphatic rings. The van der Waals surface area contributed by atoms with Crippen molar-refractivity contribution in [1.29, 1.82) is 0 Å². The van der Waals surface area contributed by atoms with Crippen molar-refractivity contribution in [2.24, 2.45) is 10.9 Å². The second kappa shape index (κ2) is 7.50. The Morgan fingerprint density at radius 3 is 2.22 bits per heavy atom. The Morgan fingerprint density at radius 1 is 1.26 bits per heavy atom. The van der Waals surface area contributed by atoms with Crippen LogP contribution in [-0.4, -0.2) is 35.5 Å². The minimum atomic E-state index is -0.464. The van der Waals surface area contributed by atoms with Crippen molar-refractivity contribution < 1.29 is 19.5 Å². The molecule has 6 heteroatoms. The lowest BCUT2D eigenvalue weighted by Crippen LogP contribution is -2.31. The summed E-state index contributed by atoms with van der Waals surface area (Å²) in [5, 5.41) is 15.1. The molecule has 0 fully saturated rings. The third kappa shape index (κ3) is 4.80. The van der Waals surface area contributed by atoms with Gasteiger partial charge in [-0.25, -0.2) is 0 Å². The number of rotatable bonds is 4. The smallest absolute Gasteiger partial charge is 0.320 e. The van der Waals surface area contributed by atoms with Gasteiger partial charge in [0.15, 0.2) is 6.10 Å². The average molecular weight is 376 g/mol. The molecule has 2 unspecified atom stereocenters.